The van der Waals surface area contributed by atoms with Gasteiger partial charge in [-0.25, -0.2) is 8.42 Å². The summed E-state index contributed by atoms with van der Waals surface area (Å²) in [6, 6.07) is 8.81. The van der Waals surface area contributed by atoms with Crippen LogP contribution in [0.1, 0.15) is 18.1 Å². The quantitative estimate of drug-likeness (QED) is 0.641. The fourth-order valence-electron chi connectivity index (χ4n) is 2.71. The SMILES string of the molecule is COc1ccc(S(=O)(=O)NC(C)C(=O)NCc2ccc(OC)c(OC)c2)cc1C. The Balaban J connectivity index is 2.02. The lowest BCUT2D eigenvalue weighted by molar-refractivity contribution is -0.122. The minimum absolute atomic E-state index is 0.0651. The van der Waals surface area contributed by atoms with E-state index in [1.165, 1.54) is 40.4 Å². The van der Waals surface area contributed by atoms with Crippen molar-refractivity contribution >= 4 is 15.9 Å². The molecular weight excluding hydrogens is 396 g/mol. The lowest BCUT2D eigenvalue weighted by Gasteiger charge is -2.16. The van der Waals surface area contributed by atoms with Crippen LogP contribution < -0.4 is 24.2 Å². The van der Waals surface area contributed by atoms with Crippen molar-refractivity contribution in [3.05, 3.63) is 47.5 Å². The molecule has 0 radical (unpaired) electrons. The molecule has 29 heavy (non-hydrogen) atoms. The Hall–Kier alpha value is -2.78. The number of methoxy groups -OCH3 is 3. The maximum absolute atomic E-state index is 12.6. The van der Waals surface area contributed by atoms with Gasteiger partial charge in [-0.05, 0) is 55.3 Å². The first-order valence-electron chi connectivity index (χ1n) is 8.87. The topological polar surface area (TPSA) is 103 Å². The Morgan fingerprint density at radius 3 is 2.17 bits per heavy atom. The first kappa shape index (κ1) is 22.5. The molecule has 0 aliphatic heterocycles. The fourth-order valence-corrected chi connectivity index (χ4v) is 3.99. The monoisotopic (exact) mass is 422 g/mol. The summed E-state index contributed by atoms with van der Waals surface area (Å²) < 4.78 is 43.1. The molecule has 2 aromatic rings. The number of nitrogens with one attached hydrogen (secondary N) is 2. The maximum atomic E-state index is 12.6. The van der Waals surface area contributed by atoms with Crippen molar-refractivity contribution in [3.8, 4) is 17.2 Å². The number of hydrogen-bond acceptors (Lipinski definition) is 6. The van der Waals surface area contributed by atoms with E-state index in [1.807, 2.05) is 0 Å². The summed E-state index contributed by atoms with van der Waals surface area (Å²) in [5.41, 5.74) is 1.47. The van der Waals surface area contributed by atoms with Gasteiger partial charge in [-0.1, -0.05) is 6.07 Å². The largest absolute Gasteiger partial charge is 0.496 e. The van der Waals surface area contributed by atoms with Gasteiger partial charge in [0.25, 0.3) is 0 Å². The lowest BCUT2D eigenvalue weighted by atomic mass is 10.2. The number of ether oxygens (including phenoxy) is 3. The van der Waals surface area contributed by atoms with Crippen molar-refractivity contribution in [1.29, 1.82) is 0 Å². The number of aryl methyl sites for hydroxylation is 1. The van der Waals surface area contributed by atoms with Crippen molar-refractivity contribution in [3.63, 3.8) is 0 Å². The highest BCUT2D eigenvalue weighted by Crippen LogP contribution is 2.27. The van der Waals surface area contributed by atoms with Crippen LogP contribution in [0.25, 0.3) is 0 Å². The summed E-state index contributed by atoms with van der Waals surface area (Å²) in [5, 5.41) is 2.71. The molecule has 2 rings (SSSR count). The number of hydrogen-bond donors (Lipinski definition) is 2. The van der Waals surface area contributed by atoms with E-state index in [-0.39, 0.29) is 11.4 Å². The molecule has 0 aliphatic rings. The maximum Gasteiger partial charge on any atom is 0.241 e. The van der Waals surface area contributed by atoms with Gasteiger partial charge in [-0.2, -0.15) is 4.72 Å². The van der Waals surface area contributed by atoms with Gasteiger partial charge in [0.2, 0.25) is 15.9 Å². The predicted molar refractivity (Wildman–Crippen MR) is 109 cm³/mol. The van der Waals surface area contributed by atoms with Crippen LogP contribution in [0, 0.1) is 6.92 Å². The van der Waals surface area contributed by atoms with Crippen LogP contribution in [0.15, 0.2) is 41.3 Å². The molecule has 0 spiro atoms. The van der Waals surface area contributed by atoms with Crippen LogP contribution in [-0.2, 0) is 21.4 Å². The second kappa shape index (κ2) is 9.62. The average Bonchev–Trinajstić information content (AvgIpc) is 2.71. The van der Waals surface area contributed by atoms with E-state index in [0.717, 1.165) is 5.56 Å². The van der Waals surface area contributed by atoms with E-state index in [1.54, 1.807) is 31.2 Å². The summed E-state index contributed by atoms with van der Waals surface area (Å²) in [7, 11) is 0.721. The standard InChI is InChI=1S/C20H26N2O6S/c1-13-10-16(7-9-17(13)26-3)29(24,25)22-14(2)20(23)21-12-15-6-8-18(27-4)19(11-15)28-5/h6-11,14,22H,12H2,1-5H3,(H,21,23). The normalized spacial score (nSPS) is 12.2. The zero-order valence-electron chi connectivity index (χ0n) is 17.1. The summed E-state index contributed by atoms with van der Waals surface area (Å²) in [4.78, 5) is 12.4. The minimum Gasteiger partial charge on any atom is -0.496 e. The number of benzene rings is 2. The summed E-state index contributed by atoms with van der Waals surface area (Å²) in [5.74, 6) is 1.26. The molecule has 0 aliphatic carbocycles. The summed E-state index contributed by atoms with van der Waals surface area (Å²) >= 11 is 0. The van der Waals surface area contributed by atoms with Gasteiger partial charge < -0.3 is 19.5 Å². The molecular formula is C20H26N2O6S. The molecule has 1 unspecified atom stereocenters. The van der Waals surface area contributed by atoms with Gasteiger partial charge in [0.1, 0.15) is 5.75 Å². The Kier molecular flexibility index (Phi) is 7.46. The third-order valence-electron chi connectivity index (χ3n) is 4.32. The molecule has 158 valence electrons. The fraction of sp³-hybridized carbons (Fsp3) is 0.350. The second-order valence-corrected chi connectivity index (χ2v) is 8.10. The van der Waals surface area contributed by atoms with Crippen LogP contribution in [-0.4, -0.2) is 41.7 Å². The van der Waals surface area contributed by atoms with Crippen LogP contribution in [0.3, 0.4) is 0 Å². The van der Waals surface area contributed by atoms with E-state index < -0.39 is 22.0 Å². The van der Waals surface area contributed by atoms with E-state index >= 15 is 0 Å². The zero-order chi connectivity index (χ0) is 21.6. The molecule has 9 heteroatoms. The molecule has 2 aromatic carbocycles. The van der Waals surface area contributed by atoms with Crippen molar-refractivity contribution in [1.82, 2.24) is 10.0 Å². The Morgan fingerprint density at radius 2 is 1.59 bits per heavy atom. The van der Waals surface area contributed by atoms with Crippen molar-refractivity contribution in [2.75, 3.05) is 21.3 Å². The molecule has 0 bridgehead atoms. The molecule has 0 fully saturated rings. The predicted octanol–water partition coefficient (Wildman–Crippen LogP) is 2.00. The minimum atomic E-state index is -3.86. The molecule has 0 saturated carbocycles. The van der Waals surface area contributed by atoms with Crippen molar-refractivity contribution in [2.45, 2.75) is 31.3 Å². The van der Waals surface area contributed by atoms with Crippen LogP contribution >= 0.6 is 0 Å². The molecule has 8 nitrogen and oxygen atoms in total. The van der Waals surface area contributed by atoms with Gasteiger partial charge in [0, 0.05) is 6.54 Å². The van der Waals surface area contributed by atoms with Crippen molar-refractivity contribution in [2.24, 2.45) is 0 Å². The molecule has 0 heterocycles. The molecule has 0 saturated heterocycles. The smallest absolute Gasteiger partial charge is 0.241 e. The molecule has 1 amide bonds. The van der Waals surface area contributed by atoms with Gasteiger partial charge in [0.05, 0.1) is 32.3 Å². The first-order valence-corrected chi connectivity index (χ1v) is 10.4. The molecule has 1 atom stereocenters. The van der Waals surface area contributed by atoms with Crippen LogP contribution in [0.5, 0.6) is 17.2 Å². The third kappa shape index (κ3) is 5.61. The number of rotatable bonds is 9. The van der Waals surface area contributed by atoms with Crippen LogP contribution in [0.2, 0.25) is 0 Å². The number of carbonyl (C=O) groups excluding carboxylic acids is 1. The molecule has 2 N–H and O–H groups in total. The van der Waals surface area contributed by atoms with E-state index in [4.69, 9.17) is 14.2 Å². The Bertz CT molecular complexity index is 975. The van der Waals surface area contributed by atoms with Crippen molar-refractivity contribution < 1.29 is 27.4 Å². The van der Waals surface area contributed by atoms with Crippen LogP contribution in [0.4, 0.5) is 0 Å². The molecule has 0 aromatic heterocycles. The number of sulfonamides is 1. The van der Waals surface area contributed by atoms with E-state index in [0.29, 0.717) is 22.8 Å². The van der Waals surface area contributed by atoms with Gasteiger partial charge in [0.15, 0.2) is 11.5 Å². The summed E-state index contributed by atoms with van der Waals surface area (Å²) in [6.45, 7) is 3.45. The highest BCUT2D eigenvalue weighted by Gasteiger charge is 2.22. The number of carbonyl (C=O) groups is 1. The second-order valence-electron chi connectivity index (χ2n) is 6.38. The number of amides is 1. The van der Waals surface area contributed by atoms with E-state index in [9.17, 15) is 13.2 Å². The third-order valence-corrected chi connectivity index (χ3v) is 5.85. The van der Waals surface area contributed by atoms with Gasteiger partial charge in [-0.3, -0.25) is 4.79 Å². The van der Waals surface area contributed by atoms with E-state index in [2.05, 4.69) is 10.0 Å². The van der Waals surface area contributed by atoms with Gasteiger partial charge in [-0.15, -0.1) is 0 Å². The highest BCUT2D eigenvalue weighted by molar-refractivity contribution is 7.89. The highest BCUT2D eigenvalue weighted by atomic mass is 32.2. The van der Waals surface area contributed by atoms with Gasteiger partial charge >= 0.3 is 0 Å². The Morgan fingerprint density at radius 1 is 0.966 bits per heavy atom. The zero-order valence-corrected chi connectivity index (χ0v) is 17.9. The average molecular weight is 423 g/mol. The lowest BCUT2D eigenvalue weighted by Crippen LogP contribution is -2.44. The first-order chi connectivity index (χ1) is 13.7. The summed E-state index contributed by atoms with van der Waals surface area (Å²) in [6.07, 6.45) is 0. The Labute approximate surface area is 171 Å².